The highest BCUT2D eigenvalue weighted by atomic mass is 35.5. The summed E-state index contributed by atoms with van der Waals surface area (Å²) in [4.78, 5) is 12.9. The number of sulfonamides is 1. The van der Waals surface area contributed by atoms with Gasteiger partial charge in [0.1, 0.15) is 0 Å². The number of benzene rings is 1. The zero-order valence-corrected chi connectivity index (χ0v) is 18.9. The Kier molecular flexibility index (Phi) is 8.93. The minimum Gasteiger partial charge on any atom is -0.345 e. The van der Waals surface area contributed by atoms with E-state index in [9.17, 15) is 13.2 Å². The third kappa shape index (κ3) is 5.47. The number of hydrogen-bond donors (Lipinski definition) is 2. The van der Waals surface area contributed by atoms with Crippen molar-refractivity contribution in [1.29, 1.82) is 0 Å². The van der Waals surface area contributed by atoms with Gasteiger partial charge < -0.3 is 11.1 Å². The molecule has 1 heterocycles. The van der Waals surface area contributed by atoms with E-state index >= 15 is 0 Å². The lowest BCUT2D eigenvalue weighted by atomic mass is 9.92. The highest BCUT2D eigenvalue weighted by Gasteiger charge is 2.32. The van der Waals surface area contributed by atoms with E-state index in [2.05, 4.69) is 19.2 Å². The predicted molar refractivity (Wildman–Crippen MR) is 115 cm³/mol. The molecule has 0 saturated carbocycles. The average Bonchev–Trinajstić information content (AvgIpc) is 2.65. The van der Waals surface area contributed by atoms with E-state index in [1.165, 1.54) is 6.07 Å². The molecule has 2 atom stereocenters. The van der Waals surface area contributed by atoms with Crippen LogP contribution in [-0.4, -0.2) is 43.8 Å². The van der Waals surface area contributed by atoms with E-state index in [0.29, 0.717) is 49.9 Å². The Labute approximate surface area is 175 Å². The second-order valence-corrected chi connectivity index (χ2v) is 9.88. The number of hydrogen-bond acceptors (Lipinski definition) is 4. The molecule has 1 aliphatic rings. The Balaban J connectivity index is 0.00000392. The summed E-state index contributed by atoms with van der Waals surface area (Å²) in [5, 5.41) is 3.00. The van der Waals surface area contributed by atoms with Crippen LogP contribution in [0.3, 0.4) is 0 Å². The van der Waals surface area contributed by atoms with Crippen LogP contribution in [0.25, 0.3) is 0 Å². The van der Waals surface area contributed by atoms with Gasteiger partial charge in [-0.15, -0.1) is 12.4 Å². The molecule has 1 amide bonds. The van der Waals surface area contributed by atoms with E-state index < -0.39 is 15.6 Å². The number of halogens is 1. The molecule has 0 aliphatic carbocycles. The largest absolute Gasteiger partial charge is 0.345 e. The van der Waals surface area contributed by atoms with Crippen LogP contribution in [0.4, 0.5) is 0 Å². The standard InChI is InChI=1S/C20H33N3O3S.ClH/c1-5-20(6-2,14-21)22-19(24)17-8-7-9-18(11-17)27(25,26)23-12-15(3)10-16(4)13-23;/h7-9,11,15-16H,5-6,10,12-14,21H2,1-4H3,(H,22,24);1H. The van der Waals surface area contributed by atoms with Gasteiger partial charge in [0.15, 0.2) is 0 Å². The zero-order valence-electron chi connectivity index (χ0n) is 17.3. The summed E-state index contributed by atoms with van der Waals surface area (Å²) >= 11 is 0. The van der Waals surface area contributed by atoms with Crippen molar-refractivity contribution in [2.24, 2.45) is 17.6 Å². The molecule has 2 unspecified atom stereocenters. The van der Waals surface area contributed by atoms with Gasteiger partial charge in [0.2, 0.25) is 10.0 Å². The minimum atomic E-state index is -3.62. The quantitative estimate of drug-likeness (QED) is 0.693. The SMILES string of the molecule is CCC(CC)(CN)NC(=O)c1cccc(S(=O)(=O)N2CC(C)CC(C)C2)c1.Cl. The van der Waals surface area contributed by atoms with Crippen LogP contribution in [0.2, 0.25) is 0 Å². The van der Waals surface area contributed by atoms with E-state index in [1.807, 2.05) is 13.8 Å². The first-order chi connectivity index (χ1) is 12.7. The maximum atomic E-state index is 13.1. The molecule has 28 heavy (non-hydrogen) atoms. The molecule has 2 rings (SSSR count). The van der Waals surface area contributed by atoms with Crippen LogP contribution in [0.15, 0.2) is 29.2 Å². The molecule has 0 radical (unpaired) electrons. The molecule has 160 valence electrons. The number of carbonyl (C=O) groups excluding carboxylic acids is 1. The highest BCUT2D eigenvalue weighted by Crippen LogP contribution is 2.27. The number of rotatable bonds is 7. The second kappa shape index (κ2) is 10.1. The van der Waals surface area contributed by atoms with Gasteiger partial charge in [0.25, 0.3) is 5.91 Å². The summed E-state index contributed by atoms with van der Waals surface area (Å²) in [6, 6.07) is 6.30. The van der Waals surface area contributed by atoms with Crippen molar-refractivity contribution in [2.75, 3.05) is 19.6 Å². The molecule has 1 aliphatic heterocycles. The molecule has 0 aromatic heterocycles. The molecule has 1 aromatic rings. The summed E-state index contributed by atoms with van der Waals surface area (Å²) in [6.07, 6.45) is 2.46. The number of amides is 1. The molecular weight excluding hydrogens is 398 g/mol. The average molecular weight is 432 g/mol. The Morgan fingerprint density at radius 3 is 2.29 bits per heavy atom. The molecule has 8 heteroatoms. The van der Waals surface area contributed by atoms with E-state index in [4.69, 9.17) is 5.73 Å². The summed E-state index contributed by atoms with van der Waals surface area (Å²) < 4.78 is 27.7. The summed E-state index contributed by atoms with van der Waals surface area (Å²) in [7, 11) is -3.62. The van der Waals surface area contributed by atoms with Crippen molar-refractivity contribution in [1.82, 2.24) is 9.62 Å². The number of nitrogens with two attached hydrogens (primary N) is 1. The second-order valence-electron chi connectivity index (χ2n) is 7.94. The minimum absolute atomic E-state index is 0. The maximum Gasteiger partial charge on any atom is 0.251 e. The van der Waals surface area contributed by atoms with Crippen LogP contribution in [0.1, 0.15) is 57.3 Å². The van der Waals surface area contributed by atoms with Crippen molar-refractivity contribution in [3.05, 3.63) is 29.8 Å². The Morgan fingerprint density at radius 2 is 1.79 bits per heavy atom. The third-order valence-corrected chi connectivity index (χ3v) is 7.52. The van der Waals surface area contributed by atoms with Gasteiger partial charge in [-0.3, -0.25) is 4.79 Å². The topological polar surface area (TPSA) is 92.5 Å². The normalized spacial score (nSPS) is 21.0. The molecule has 6 nitrogen and oxygen atoms in total. The first kappa shape index (κ1) is 24.9. The van der Waals surface area contributed by atoms with Gasteiger partial charge in [-0.2, -0.15) is 4.31 Å². The molecule has 0 bridgehead atoms. The van der Waals surface area contributed by atoms with Gasteiger partial charge in [-0.1, -0.05) is 33.8 Å². The molecule has 1 saturated heterocycles. The van der Waals surface area contributed by atoms with Crippen LogP contribution in [0, 0.1) is 11.8 Å². The molecule has 3 N–H and O–H groups in total. The molecule has 0 spiro atoms. The van der Waals surface area contributed by atoms with Gasteiger partial charge in [0, 0.05) is 25.2 Å². The van der Waals surface area contributed by atoms with E-state index in [-0.39, 0.29) is 23.2 Å². The van der Waals surface area contributed by atoms with Crippen LogP contribution in [0.5, 0.6) is 0 Å². The molecule has 1 aromatic carbocycles. The van der Waals surface area contributed by atoms with Gasteiger partial charge >= 0.3 is 0 Å². The third-order valence-electron chi connectivity index (χ3n) is 5.69. The Bertz CT molecular complexity index is 747. The van der Waals surface area contributed by atoms with Crippen LogP contribution < -0.4 is 11.1 Å². The maximum absolute atomic E-state index is 13.1. The monoisotopic (exact) mass is 431 g/mol. The predicted octanol–water partition coefficient (Wildman–Crippen LogP) is 3.02. The fourth-order valence-electron chi connectivity index (χ4n) is 3.83. The molecular formula is C20H34ClN3O3S. The zero-order chi connectivity index (χ0) is 20.2. The molecule has 1 fully saturated rings. The fraction of sp³-hybridized carbons (Fsp3) is 0.650. The highest BCUT2D eigenvalue weighted by molar-refractivity contribution is 7.89. The number of carbonyl (C=O) groups is 1. The lowest BCUT2D eigenvalue weighted by Crippen LogP contribution is -2.52. The van der Waals surface area contributed by atoms with Crippen LogP contribution in [-0.2, 0) is 10.0 Å². The van der Waals surface area contributed by atoms with Crippen molar-refractivity contribution in [3.63, 3.8) is 0 Å². The first-order valence-corrected chi connectivity index (χ1v) is 11.2. The number of nitrogens with zero attached hydrogens (tertiary/aromatic N) is 1. The van der Waals surface area contributed by atoms with E-state index in [1.54, 1.807) is 22.5 Å². The summed E-state index contributed by atoms with van der Waals surface area (Å²) in [5.41, 5.74) is 5.73. The van der Waals surface area contributed by atoms with Crippen molar-refractivity contribution in [3.8, 4) is 0 Å². The summed E-state index contributed by atoms with van der Waals surface area (Å²) in [6.45, 7) is 9.49. The van der Waals surface area contributed by atoms with Crippen molar-refractivity contribution < 1.29 is 13.2 Å². The van der Waals surface area contributed by atoms with Crippen molar-refractivity contribution in [2.45, 2.75) is 57.4 Å². The fourth-order valence-corrected chi connectivity index (χ4v) is 5.55. The van der Waals surface area contributed by atoms with Gasteiger partial charge in [-0.25, -0.2) is 8.42 Å². The van der Waals surface area contributed by atoms with Gasteiger partial charge in [-0.05, 0) is 49.3 Å². The lowest BCUT2D eigenvalue weighted by Gasteiger charge is -2.34. The number of piperidine rings is 1. The van der Waals surface area contributed by atoms with Crippen LogP contribution >= 0.6 is 12.4 Å². The van der Waals surface area contributed by atoms with Crippen molar-refractivity contribution >= 4 is 28.3 Å². The Hall–Kier alpha value is -1.15. The van der Waals surface area contributed by atoms with Gasteiger partial charge in [0.05, 0.1) is 10.4 Å². The van der Waals surface area contributed by atoms with E-state index in [0.717, 1.165) is 6.42 Å². The first-order valence-electron chi connectivity index (χ1n) is 9.80. The number of nitrogens with one attached hydrogen (secondary N) is 1. The smallest absolute Gasteiger partial charge is 0.251 e. The lowest BCUT2D eigenvalue weighted by molar-refractivity contribution is 0.0895. The Morgan fingerprint density at radius 1 is 1.21 bits per heavy atom. The summed E-state index contributed by atoms with van der Waals surface area (Å²) in [5.74, 6) is 0.366.